The predicted molar refractivity (Wildman–Crippen MR) is 79.7 cm³/mol. The summed E-state index contributed by atoms with van der Waals surface area (Å²) in [5, 5.41) is 2.75. The summed E-state index contributed by atoms with van der Waals surface area (Å²) in [4.78, 5) is 12.1. The number of methoxy groups -OCH3 is 1. The highest BCUT2D eigenvalue weighted by Crippen LogP contribution is 2.24. The topological polar surface area (TPSA) is 64.3 Å². The molecule has 0 aliphatic carbocycles. The van der Waals surface area contributed by atoms with Gasteiger partial charge in [0, 0.05) is 11.3 Å². The zero-order chi connectivity index (χ0) is 15.4. The molecule has 1 amide bonds. The lowest BCUT2D eigenvalue weighted by atomic mass is 10.1. The highest BCUT2D eigenvalue weighted by atomic mass is 19.1. The van der Waals surface area contributed by atoms with E-state index in [4.69, 9.17) is 10.5 Å². The van der Waals surface area contributed by atoms with E-state index in [2.05, 4.69) is 5.32 Å². The Hall–Kier alpha value is -2.56. The van der Waals surface area contributed by atoms with Gasteiger partial charge in [0.2, 0.25) is 0 Å². The fraction of sp³-hybridized carbons (Fsp3) is 0.188. The predicted octanol–water partition coefficient (Wildman–Crippen LogP) is 2.91. The van der Waals surface area contributed by atoms with Crippen LogP contribution in [-0.4, -0.2) is 13.0 Å². The van der Waals surface area contributed by atoms with Crippen molar-refractivity contribution in [3.8, 4) is 5.75 Å². The van der Waals surface area contributed by atoms with Crippen LogP contribution < -0.4 is 15.8 Å². The summed E-state index contributed by atoms with van der Waals surface area (Å²) in [6, 6.07) is 11.0. The number of rotatable bonds is 4. The molecular formula is C16H17FN2O2. The summed E-state index contributed by atoms with van der Waals surface area (Å²) in [7, 11) is 1.56. The molecule has 0 aromatic heterocycles. The van der Waals surface area contributed by atoms with Gasteiger partial charge in [-0.15, -0.1) is 0 Å². The number of nitrogen functional groups attached to an aromatic ring is 1. The van der Waals surface area contributed by atoms with Gasteiger partial charge in [0.1, 0.15) is 11.6 Å². The number of carbonyl (C=O) groups excluding carboxylic acids is 1. The molecule has 0 saturated carbocycles. The van der Waals surface area contributed by atoms with E-state index in [1.165, 1.54) is 12.1 Å². The second-order valence-electron chi connectivity index (χ2n) is 4.68. The van der Waals surface area contributed by atoms with E-state index < -0.39 is 11.7 Å². The van der Waals surface area contributed by atoms with Crippen molar-refractivity contribution in [1.82, 2.24) is 5.32 Å². The molecule has 110 valence electrons. The van der Waals surface area contributed by atoms with Crippen molar-refractivity contribution in [1.29, 1.82) is 0 Å². The smallest absolute Gasteiger partial charge is 0.254 e. The van der Waals surface area contributed by atoms with E-state index in [0.29, 0.717) is 5.75 Å². The Kier molecular flexibility index (Phi) is 4.42. The lowest BCUT2D eigenvalue weighted by molar-refractivity contribution is 0.0935. The highest BCUT2D eigenvalue weighted by molar-refractivity contribution is 5.95. The number of para-hydroxylation sites is 1. The molecule has 4 nitrogen and oxygen atoms in total. The van der Waals surface area contributed by atoms with Crippen LogP contribution in [0.5, 0.6) is 5.75 Å². The van der Waals surface area contributed by atoms with E-state index in [-0.39, 0.29) is 17.3 Å². The van der Waals surface area contributed by atoms with Crippen molar-refractivity contribution in [3.63, 3.8) is 0 Å². The molecule has 0 fully saturated rings. The summed E-state index contributed by atoms with van der Waals surface area (Å²) in [6.07, 6.45) is 0. The van der Waals surface area contributed by atoms with E-state index in [1.54, 1.807) is 7.11 Å². The molecule has 0 unspecified atom stereocenters. The molecule has 0 saturated heterocycles. The summed E-state index contributed by atoms with van der Waals surface area (Å²) >= 11 is 0. The molecule has 0 heterocycles. The third kappa shape index (κ3) is 3.31. The van der Waals surface area contributed by atoms with E-state index in [9.17, 15) is 9.18 Å². The van der Waals surface area contributed by atoms with Crippen molar-refractivity contribution in [2.45, 2.75) is 13.0 Å². The molecule has 21 heavy (non-hydrogen) atoms. The molecule has 2 rings (SSSR count). The number of benzene rings is 2. The molecule has 0 aliphatic rings. The molecule has 3 N–H and O–H groups in total. The fourth-order valence-electron chi connectivity index (χ4n) is 2.09. The zero-order valence-electron chi connectivity index (χ0n) is 11.9. The molecular weight excluding hydrogens is 271 g/mol. The maximum atomic E-state index is 13.7. The van der Waals surface area contributed by atoms with E-state index >= 15 is 0 Å². The number of hydrogen-bond donors (Lipinski definition) is 2. The SMILES string of the molecule is COc1ccccc1[C@H](C)NC(=O)c1ccc(N)cc1F. The lowest BCUT2D eigenvalue weighted by Crippen LogP contribution is -2.27. The average molecular weight is 288 g/mol. The van der Waals surface area contributed by atoms with E-state index in [0.717, 1.165) is 11.6 Å². The fourth-order valence-corrected chi connectivity index (χ4v) is 2.09. The Bertz CT molecular complexity index is 658. The molecule has 2 aromatic carbocycles. The van der Waals surface area contributed by atoms with Gasteiger partial charge in [-0.1, -0.05) is 18.2 Å². The van der Waals surface area contributed by atoms with Gasteiger partial charge in [-0.3, -0.25) is 4.79 Å². The van der Waals surface area contributed by atoms with Crippen LogP contribution in [0.3, 0.4) is 0 Å². The number of nitrogens with two attached hydrogens (primary N) is 1. The van der Waals surface area contributed by atoms with Crippen molar-refractivity contribution < 1.29 is 13.9 Å². The average Bonchev–Trinajstić information content (AvgIpc) is 2.46. The number of anilines is 1. The minimum absolute atomic E-state index is 0.0362. The molecule has 5 heteroatoms. The first-order valence-electron chi connectivity index (χ1n) is 6.51. The molecule has 0 spiro atoms. The van der Waals surface area contributed by atoms with E-state index in [1.807, 2.05) is 31.2 Å². The maximum Gasteiger partial charge on any atom is 0.254 e. The van der Waals surface area contributed by atoms with Gasteiger partial charge in [0.15, 0.2) is 0 Å². The Morgan fingerprint density at radius 2 is 2.00 bits per heavy atom. The summed E-state index contributed by atoms with van der Waals surface area (Å²) < 4.78 is 19.0. The third-order valence-electron chi connectivity index (χ3n) is 3.19. The van der Waals surface area contributed by atoms with Crippen molar-refractivity contribution in [2.24, 2.45) is 0 Å². The second kappa shape index (κ2) is 6.26. The van der Waals surface area contributed by atoms with Crippen LogP contribution in [0.4, 0.5) is 10.1 Å². The molecule has 0 radical (unpaired) electrons. The van der Waals surface area contributed by atoms with Gasteiger partial charge in [-0.2, -0.15) is 0 Å². The summed E-state index contributed by atoms with van der Waals surface area (Å²) in [5.41, 5.74) is 6.54. The minimum Gasteiger partial charge on any atom is -0.496 e. The number of carbonyl (C=O) groups is 1. The van der Waals surface area contributed by atoms with Crippen molar-refractivity contribution >= 4 is 11.6 Å². The van der Waals surface area contributed by atoms with Crippen LogP contribution in [0.1, 0.15) is 28.9 Å². The number of amides is 1. The Balaban J connectivity index is 2.19. The Morgan fingerprint density at radius 3 is 2.67 bits per heavy atom. The Morgan fingerprint density at radius 1 is 1.29 bits per heavy atom. The van der Waals surface area contributed by atoms with Crippen LogP contribution in [0.15, 0.2) is 42.5 Å². The van der Waals surface area contributed by atoms with Crippen LogP contribution in [0, 0.1) is 5.82 Å². The van der Waals surface area contributed by atoms with Gasteiger partial charge in [-0.05, 0) is 31.2 Å². The maximum absolute atomic E-state index is 13.7. The number of nitrogens with one attached hydrogen (secondary N) is 1. The minimum atomic E-state index is -0.639. The first kappa shape index (κ1) is 14.8. The van der Waals surface area contributed by atoms with Gasteiger partial charge in [-0.25, -0.2) is 4.39 Å². The van der Waals surface area contributed by atoms with Gasteiger partial charge in [0.05, 0.1) is 18.7 Å². The highest BCUT2D eigenvalue weighted by Gasteiger charge is 2.17. The quantitative estimate of drug-likeness (QED) is 0.850. The summed E-state index contributed by atoms with van der Waals surface area (Å²) in [5.74, 6) is -0.464. The largest absolute Gasteiger partial charge is 0.496 e. The normalized spacial score (nSPS) is 11.8. The van der Waals surface area contributed by atoms with Gasteiger partial charge < -0.3 is 15.8 Å². The lowest BCUT2D eigenvalue weighted by Gasteiger charge is -2.17. The van der Waals surface area contributed by atoms with Crippen molar-refractivity contribution in [3.05, 3.63) is 59.4 Å². The number of hydrogen-bond acceptors (Lipinski definition) is 3. The first-order chi connectivity index (χ1) is 10.0. The van der Waals surface area contributed by atoms with Crippen LogP contribution in [-0.2, 0) is 0 Å². The van der Waals surface area contributed by atoms with Crippen LogP contribution >= 0.6 is 0 Å². The van der Waals surface area contributed by atoms with Crippen LogP contribution in [0.2, 0.25) is 0 Å². The molecule has 0 bridgehead atoms. The molecule has 2 aromatic rings. The Labute approximate surface area is 122 Å². The molecule has 0 aliphatic heterocycles. The number of halogens is 1. The zero-order valence-corrected chi connectivity index (χ0v) is 11.9. The van der Waals surface area contributed by atoms with Gasteiger partial charge in [0.25, 0.3) is 5.91 Å². The third-order valence-corrected chi connectivity index (χ3v) is 3.19. The van der Waals surface area contributed by atoms with Crippen LogP contribution in [0.25, 0.3) is 0 Å². The first-order valence-corrected chi connectivity index (χ1v) is 6.51. The standard InChI is InChI=1S/C16H17FN2O2/c1-10(12-5-3-4-6-15(12)21-2)19-16(20)13-8-7-11(18)9-14(13)17/h3-10H,18H2,1-2H3,(H,19,20)/t10-/m0/s1. The monoisotopic (exact) mass is 288 g/mol. The van der Waals surface area contributed by atoms with Crippen molar-refractivity contribution in [2.75, 3.05) is 12.8 Å². The summed E-state index contributed by atoms with van der Waals surface area (Å²) in [6.45, 7) is 1.81. The number of ether oxygens (including phenoxy) is 1. The second-order valence-corrected chi connectivity index (χ2v) is 4.68. The molecule has 1 atom stereocenters. The van der Waals surface area contributed by atoms with Gasteiger partial charge >= 0.3 is 0 Å².